The number of amides is 1. The molecule has 0 unspecified atom stereocenters. The minimum Gasteiger partial charge on any atom is -0.464 e. The van der Waals surface area contributed by atoms with Gasteiger partial charge in [-0.05, 0) is 43.5 Å². The zero-order valence-corrected chi connectivity index (χ0v) is 11.9. The lowest BCUT2D eigenvalue weighted by Crippen LogP contribution is -2.32. The summed E-state index contributed by atoms with van der Waals surface area (Å²) in [6.45, 7) is 2.35. The van der Waals surface area contributed by atoms with E-state index in [2.05, 4.69) is 10.2 Å². The summed E-state index contributed by atoms with van der Waals surface area (Å²) in [7, 11) is 0. The highest BCUT2D eigenvalue weighted by atomic mass is 35.5. The lowest BCUT2D eigenvalue weighted by atomic mass is 10.3. The van der Waals surface area contributed by atoms with Crippen molar-refractivity contribution in [2.24, 2.45) is 0 Å². The third kappa shape index (κ3) is 2.79. The van der Waals surface area contributed by atoms with Crippen molar-refractivity contribution in [3.63, 3.8) is 0 Å². The summed E-state index contributed by atoms with van der Waals surface area (Å²) in [4.78, 5) is 14.2. The predicted molar refractivity (Wildman–Crippen MR) is 71.3 cm³/mol. The monoisotopic (exact) mass is 297 g/mol. The van der Waals surface area contributed by atoms with Gasteiger partial charge in [-0.25, -0.2) is 0 Å². The number of hydrogen-bond acceptors (Lipinski definition) is 5. The van der Waals surface area contributed by atoms with E-state index in [1.54, 1.807) is 4.90 Å². The molecule has 2 aromatic heterocycles. The number of rotatable bonds is 4. The number of aryl methyl sites for hydroxylation is 1. The fourth-order valence-corrected chi connectivity index (χ4v) is 2.69. The highest BCUT2D eigenvalue weighted by molar-refractivity contribution is 7.17. The molecule has 0 aliphatic heterocycles. The van der Waals surface area contributed by atoms with Crippen LogP contribution in [0.2, 0.25) is 4.47 Å². The number of nitrogens with zero attached hydrogens (tertiary/aromatic N) is 3. The smallest absolute Gasteiger partial charge is 0.285 e. The molecule has 2 aromatic rings. The van der Waals surface area contributed by atoms with E-state index in [-0.39, 0.29) is 16.4 Å². The predicted octanol–water partition coefficient (Wildman–Crippen LogP) is 2.90. The van der Waals surface area contributed by atoms with Crippen LogP contribution in [0, 0.1) is 6.92 Å². The molecule has 0 atom stereocenters. The molecule has 0 bridgehead atoms. The van der Waals surface area contributed by atoms with E-state index in [9.17, 15) is 4.79 Å². The second-order valence-electron chi connectivity index (χ2n) is 4.54. The largest absolute Gasteiger partial charge is 0.464 e. The Balaban J connectivity index is 1.79. The van der Waals surface area contributed by atoms with Crippen molar-refractivity contribution in [1.82, 2.24) is 15.1 Å². The number of halogens is 1. The Morgan fingerprint density at radius 2 is 2.32 bits per heavy atom. The molecule has 3 rings (SSSR count). The van der Waals surface area contributed by atoms with Gasteiger partial charge in [0.1, 0.15) is 11.5 Å². The Morgan fingerprint density at radius 1 is 1.53 bits per heavy atom. The lowest BCUT2D eigenvalue weighted by molar-refractivity contribution is 0.0715. The molecular formula is C12H12ClN3O2S. The van der Waals surface area contributed by atoms with E-state index in [0.717, 1.165) is 35.7 Å². The van der Waals surface area contributed by atoms with Crippen LogP contribution >= 0.6 is 22.9 Å². The van der Waals surface area contributed by atoms with Gasteiger partial charge in [0.15, 0.2) is 0 Å². The van der Waals surface area contributed by atoms with E-state index < -0.39 is 0 Å². The summed E-state index contributed by atoms with van der Waals surface area (Å²) in [5.41, 5.74) is 0. The molecular weight excluding hydrogens is 286 g/mol. The Kier molecular flexibility index (Phi) is 3.28. The SMILES string of the molecule is Cc1ccc(CN(C(=O)c2nnc(Cl)s2)C2CC2)o1. The van der Waals surface area contributed by atoms with Crippen molar-refractivity contribution in [2.45, 2.75) is 32.4 Å². The first-order valence-corrected chi connectivity index (χ1v) is 7.18. The molecule has 19 heavy (non-hydrogen) atoms. The Labute approximate surface area is 119 Å². The third-order valence-electron chi connectivity index (χ3n) is 2.95. The summed E-state index contributed by atoms with van der Waals surface area (Å²) < 4.78 is 5.82. The number of furan rings is 1. The van der Waals surface area contributed by atoms with Gasteiger partial charge >= 0.3 is 0 Å². The zero-order valence-electron chi connectivity index (χ0n) is 10.3. The highest BCUT2D eigenvalue weighted by Gasteiger charge is 2.35. The molecule has 1 saturated carbocycles. The van der Waals surface area contributed by atoms with Gasteiger partial charge in [-0.3, -0.25) is 4.79 Å². The van der Waals surface area contributed by atoms with Crippen molar-refractivity contribution in [1.29, 1.82) is 0 Å². The van der Waals surface area contributed by atoms with Gasteiger partial charge < -0.3 is 9.32 Å². The number of carbonyl (C=O) groups excluding carboxylic acids is 1. The molecule has 0 aromatic carbocycles. The first-order valence-electron chi connectivity index (χ1n) is 5.99. The number of aromatic nitrogens is 2. The van der Waals surface area contributed by atoms with Crippen LogP contribution in [0.4, 0.5) is 0 Å². The van der Waals surface area contributed by atoms with Gasteiger partial charge in [0.05, 0.1) is 6.54 Å². The van der Waals surface area contributed by atoms with Crippen LogP contribution in [0.1, 0.15) is 34.2 Å². The maximum Gasteiger partial charge on any atom is 0.285 e. The Morgan fingerprint density at radius 3 is 2.84 bits per heavy atom. The molecule has 1 aliphatic rings. The van der Waals surface area contributed by atoms with Crippen LogP contribution in [-0.2, 0) is 6.54 Å². The van der Waals surface area contributed by atoms with E-state index >= 15 is 0 Å². The first kappa shape index (κ1) is 12.6. The van der Waals surface area contributed by atoms with Crippen molar-refractivity contribution >= 4 is 28.8 Å². The molecule has 100 valence electrons. The molecule has 0 radical (unpaired) electrons. The van der Waals surface area contributed by atoms with Crippen LogP contribution < -0.4 is 0 Å². The van der Waals surface area contributed by atoms with Gasteiger partial charge in [0.2, 0.25) is 9.47 Å². The molecule has 5 nitrogen and oxygen atoms in total. The van der Waals surface area contributed by atoms with E-state index in [0.29, 0.717) is 11.6 Å². The molecule has 7 heteroatoms. The Bertz CT molecular complexity index is 606. The standard InChI is InChI=1S/C12H12ClN3O2S/c1-7-2-5-9(18-7)6-16(8-3-4-8)11(17)10-14-15-12(13)19-10/h2,5,8H,3-4,6H2,1H3. The van der Waals surface area contributed by atoms with Crippen LogP contribution in [0.25, 0.3) is 0 Å². The van der Waals surface area contributed by atoms with Crippen molar-refractivity contribution in [3.8, 4) is 0 Å². The van der Waals surface area contributed by atoms with Gasteiger partial charge in [0, 0.05) is 6.04 Å². The van der Waals surface area contributed by atoms with Crippen molar-refractivity contribution in [2.75, 3.05) is 0 Å². The fraction of sp³-hybridized carbons (Fsp3) is 0.417. The van der Waals surface area contributed by atoms with Gasteiger partial charge in [-0.15, -0.1) is 10.2 Å². The summed E-state index contributed by atoms with van der Waals surface area (Å²) in [6.07, 6.45) is 2.05. The topological polar surface area (TPSA) is 59.2 Å². The second-order valence-corrected chi connectivity index (χ2v) is 6.10. The zero-order chi connectivity index (χ0) is 13.4. The van der Waals surface area contributed by atoms with E-state index in [1.807, 2.05) is 19.1 Å². The normalized spacial score (nSPS) is 14.6. The van der Waals surface area contributed by atoms with Crippen LogP contribution in [-0.4, -0.2) is 27.0 Å². The minimum absolute atomic E-state index is 0.124. The average Bonchev–Trinajstić information content (AvgIpc) is 3.00. The van der Waals surface area contributed by atoms with Crippen LogP contribution in [0.15, 0.2) is 16.5 Å². The summed E-state index contributed by atoms with van der Waals surface area (Å²) in [6, 6.07) is 4.07. The second kappa shape index (κ2) is 4.94. The van der Waals surface area contributed by atoms with E-state index in [4.69, 9.17) is 16.0 Å². The van der Waals surface area contributed by atoms with Crippen LogP contribution in [0.3, 0.4) is 0 Å². The lowest BCUT2D eigenvalue weighted by Gasteiger charge is -2.19. The van der Waals surface area contributed by atoms with Crippen molar-refractivity contribution < 1.29 is 9.21 Å². The molecule has 2 heterocycles. The van der Waals surface area contributed by atoms with Crippen LogP contribution in [0.5, 0.6) is 0 Å². The molecule has 1 fully saturated rings. The fourth-order valence-electron chi connectivity index (χ4n) is 1.91. The van der Waals surface area contributed by atoms with Gasteiger partial charge in [-0.2, -0.15) is 0 Å². The first-order chi connectivity index (χ1) is 9.13. The third-order valence-corrected chi connectivity index (χ3v) is 3.96. The molecule has 1 amide bonds. The van der Waals surface area contributed by atoms with Crippen molar-refractivity contribution in [3.05, 3.63) is 33.1 Å². The highest BCUT2D eigenvalue weighted by Crippen LogP contribution is 2.31. The molecule has 1 aliphatic carbocycles. The summed E-state index contributed by atoms with van der Waals surface area (Å²) >= 11 is 6.83. The average molecular weight is 298 g/mol. The quantitative estimate of drug-likeness (QED) is 0.870. The number of carbonyl (C=O) groups is 1. The maximum absolute atomic E-state index is 12.4. The van der Waals surface area contributed by atoms with E-state index in [1.165, 1.54) is 0 Å². The molecule has 0 saturated heterocycles. The minimum atomic E-state index is -0.124. The van der Waals surface area contributed by atoms with Gasteiger partial charge in [-0.1, -0.05) is 11.3 Å². The van der Waals surface area contributed by atoms with Gasteiger partial charge in [0.25, 0.3) is 5.91 Å². The molecule has 0 spiro atoms. The summed E-state index contributed by atoms with van der Waals surface area (Å²) in [5.74, 6) is 1.51. The molecule has 0 N–H and O–H groups in total. The Hall–Kier alpha value is -1.40. The summed E-state index contributed by atoms with van der Waals surface area (Å²) in [5, 5.41) is 7.82. The number of hydrogen-bond donors (Lipinski definition) is 0. The maximum atomic E-state index is 12.4.